The lowest BCUT2D eigenvalue weighted by Gasteiger charge is -2.17. The van der Waals surface area contributed by atoms with Gasteiger partial charge < -0.3 is 19.9 Å². The van der Waals surface area contributed by atoms with E-state index < -0.39 is 17.9 Å². The number of carboxylic acids is 1. The van der Waals surface area contributed by atoms with Crippen molar-refractivity contribution < 1.29 is 24.2 Å². The molecule has 134 valence electrons. The Labute approximate surface area is 147 Å². The summed E-state index contributed by atoms with van der Waals surface area (Å²) in [6, 6.07) is 1.99. The number of benzene rings is 1. The van der Waals surface area contributed by atoms with Crippen molar-refractivity contribution in [3.05, 3.63) is 22.7 Å². The third-order valence-corrected chi connectivity index (χ3v) is 3.51. The van der Waals surface area contributed by atoms with Crippen LogP contribution in [0.4, 0.5) is 0 Å². The van der Waals surface area contributed by atoms with Crippen LogP contribution in [0.3, 0.4) is 0 Å². The van der Waals surface area contributed by atoms with Gasteiger partial charge in [-0.3, -0.25) is 4.79 Å². The first-order chi connectivity index (χ1) is 11.3. The lowest BCUT2D eigenvalue weighted by atomic mass is 10.1. The molecule has 0 aromatic heterocycles. The molecule has 7 heteroatoms. The van der Waals surface area contributed by atoms with Crippen molar-refractivity contribution in [3.8, 4) is 11.5 Å². The summed E-state index contributed by atoms with van der Waals surface area (Å²) in [4.78, 5) is 23.5. The molecule has 0 aliphatic carbocycles. The smallest absolute Gasteiger partial charge is 0.326 e. The van der Waals surface area contributed by atoms with Gasteiger partial charge in [-0.2, -0.15) is 0 Å². The highest BCUT2D eigenvalue weighted by molar-refractivity contribution is 6.32. The number of nitrogens with one attached hydrogen (secondary N) is 1. The van der Waals surface area contributed by atoms with Crippen LogP contribution in [0.5, 0.6) is 11.5 Å². The van der Waals surface area contributed by atoms with Crippen molar-refractivity contribution in [2.24, 2.45) is 5.92 Å². The fourth-order valence-corrected chi connectivity index (χ4v) is 2.29. The number of rotatable bonds is 9. The largest absolute Gasteiger partial charge is 0.493 e. The minimum atomic E-state index is -1.07. The molecule has 1 atom stereocenters. The molecule has 2 N–H and O–H groups in total. The summed E-state index contributed by atoms with van der Waals surface area (Å²) >= 11 is 6.20. The number of methoxy groups -OCH3 is 1. The number of amides is 1. The van der Waals surface area contributed by atoms with E-state index in [2.05, 4.69) is 5.32 Å². The van der Waals surface area contributed by atoms with E-state index in [9.17, 15) is 9.59 Å². The second-order valence-corrected chi connectivity index (χ2v) is 6.25. The Hall–Kier alpha value is -1.95. The molecule has 6 nitrogen and oxygen atoms in total. The molecule has 0 saturated carbocycles. The number of aliphatic carboxylic acids is 1. The fourth-order valence-electron chi connectivity index (χ4n) is 2.03. The lowest BCUT2D eigenvalue weighted by Crippen LogP contribution is -2.40. The van der Waals surface area contributed by atoms with E-state index in [0.717, 1.165) is 0 Å². The predicted molar refractivity (Wildman–Crippen MR) is 92.1 cm³/mol. The standard InChI is InChI=1S/C17H24ClNO5/c1-5-6-13(17(21)22)19-16(20)11-7-12(18)15(14(8-11)23-4)24-9-10(2)3/h7-8,10,13H,5-6,9H2,1-4H3,(H,19,20)(H,21,22). The molecule has 1 aromatic rings. The van der Waals surface area contributed by atoms with Crippen molar-refractivity contribution in [1.29, 1.82) is 0 Å². The van der Waals surface area contributed by atoms with Crippen molar-refractivity contribution in [2.45, 2.75) is 39.7 Å². The second-order valence-electron chi connectivity index (χ2n) is 5.85. The molecule has 0 radical (unpaired) electrons. The van der Waals surface area contributed by atoms with Crippen LogP contribution in [0.25, 0.3) is 0 Å². The van der Waals surface area contributed by atoms with Crippen LogP contribution < -0.4 is 14.8 Å². The first-order valence-corrected chi connectivity index (χ1v) is 8.21. The number of carbonyl (C=O) groups excluding carboxylic acids is 1. The summed E-state index contributed by atoms with van der Waals surface area (Å²) in [5, 5.41) is 11.9. The predicted octanol–water partition coefficient (Wildman–Crippen LogP) is 3.37. The van der Waals surface area contributed by atoms with Crippen molar-refractivity contribution in [3.63, 3.8) is 0 Å². The number of hydrogen-bond acceptors (Lipinski definition) is 4. The van der Waals surface area contributed by atoms with Crippen LogP contribution in [0.2, 0.25) is 5.02 Å². The molecule has 0 aliphatic heterocycles. The molecular formula is C17H24ClNO5. The third-order valence-electron chi connectivity index (χ3n) is 3.23. The van der Waals surface area contributed by atoms with Crippen molar-refractivity contribution >= 4 is 23.5 Å². The van der Waals surface area contributed by atoms with Crippen molar-refractivity contribution in [2.75, 3.05) is 13.7 Å². The summed E-state index contributed by atoms with van der Waals surface area (Å²) < 4.78 is 10.9. The van der Waals surface area contributed by atoms with Gasteiger partial charge in [0.1, 0.15) is 6.04 Å². The topological polar surface area (TPSA) is 84.9 Å². The maximum Gasteiger partial charge on any atom is 0.326 e. The minimum Gasteiger partial charge on any atom is -0.493 e. The summed E-state index contributed by atoms with van der Waals surface area (Å²) in [6.45, 7) is 6.31. The van der Waals surface area contributed by atoms with Crippen LogP contribution >= 0.6 is 11.6 Å². The highest BCUT2D eigenvalue weighted by atomic mass is 35.5. The SMILES string of the molecule is CCCC(NC(=O)c1cc(Cl)c(OCC(C)C)c(OC)c1)C(=O)O. The molecule has 1 aromatic carbocycles. The van der Waals surface area contributed by atoms with E-state index in [1.165, 1.54) is 19.2 Å². The Morgan fingerprint density at radius 3 is 2.50 bits per heavy atom. The molecule has 0 spiro atoms. The molecule has 24 heavy (non-hydrogen) atoms. The van der Waals surface area contributed by atoms with E-state index >= 15 is 0 Å². The molecule has 1 rings (SSSR count). The van der Waals surface area contributed by atoms with Crippen LogP contribution in [0, 0.1) is 5.92 Å². The Balaban J connectivity index is 3.01. The summed E-state index contributed by atoms with van der Waals surface area (Å²) in [5.74, 6) is -0.589. The average Bonchev–Trinajstić information content (AvgIpc) is 2.51. The molecule has 1 amide bonds. The van der Waals surface area contributed by atoms with Crippen LogP contribution in [0.1, 0.15) is 44.0 Å². The number of halogens is 1. The van der Waals surface area contributed by atoms with Gasteiger partial charge in [0.05, 0.1) is 18.7 Å². The summed E-state index contributed by atoms with van der Waals surface area (Å²) in [6.07, 6.45) is 0.991. The number of ether oxygens (including phenoxy) is 2. The zero-order valence-electron chi connectivity index (χ0n) is 14.4. The number of carbonyl (C=O) groups is 2. The molecule has 0 fully saturated rings. The van der Waals surface area contributed by atoms with Gasteiger partial charge in [0, 0.05) is 5.56 Å². The fraction of sp³-hybridized carbons (Fsp3) is 0.529. The normalized spacial score (nSPS) is 11.9. The maximum atomic E-state index is 12.3. The molecule has 0 saturated heterocycles. The van der Waals surface area contributed by atoms with E-state index in [4.69, 9.17) is 26.2 Å². The zero-order chi connectivity index (χ0) is 18.3. The van der Waals surface area contributed by atoms with Crippen LogP contribution in [0.15, 0.2) is 12.1 Å². The van der Waals surface area contributed by atoms with E-state index in [1.54, 1.807) is 0 Å². The van der Waals surface area contributed by atoms with Gasteiger partial charge in [-0.25, -0.2) is 4.79 Å². The lowest BCUT2D eigenvalue weighted by molar-refractivity contribution is -0.139. The maximum absolute atomic E-state index is 12.3. The monoisotopic (exact) mass is 357 g/mol. The van der Waals surface area contributed by atoms with Gasteiger partial charge >= 0.3 is 5.97 Å². The average molecular weight is 358 g/mol. The van der Waals surface area contributed by atoms with Gasteiger partial charge in [-0.15, -0.1) is 0 Å². The van der Waals surface area contributed by atoms with Crippen LogP contribution in [-0.2, 0) is 4.79 Å². The third kappa shape index (κ3) is 5.60. The summed E-state index contributed by atoms with van der Waals surface area (Å²) in [7, 11) is 1.45. The zero-order valence-corrected chi connectivity index (χ0v) is 15.1. The molecule has 1 unspecified atom stereocenters. The highest BCUT2D eigenvalue weighted by Gasteiger charge is 2.22. The second kappa shape index (κ2) is 9.37. The Kier molecular flexibility index (Phi) is 7.85. The van der Waals surface area contributed by atoms with Gasteiger partial charge in [0.2, 0.25) is 0 Å². The molecule has 0 heterocycles. The summed E-state index contributed by atoms with van der Waals surface area (Å²) in [5.41, 5.74) is 0.219. The van der Waals surface area contributed by atoms with Gasteiger partial charge in [-0.05, 0) is 24.5 Å². The number of hydrogen-bond donors (Lipinski definition) is 2. The van der Waals surface area contributed by atoms with Gasteiger partial charge in [0.25, 0.3) is 5.91 Å². The minimum absolute atomic E-state index is 0.219. The van der Waals surface area contributed by atoms with Gasteiger partial charge in [0.15, 0.2) is 11.5 Å². The number of carboxylic acid groups (broad SMARTS) is 1. The quantitative estimate of drug-likeness (QED) is 0.707. The Morgan fingerprint density at radius 2 is 2.00 bits per heavy atom. The van der Waals surface area contributed by atoms with E-state index in [-0.39, 0.29) is 10.6 Å². The molecule has 0 aliphatic rings. The van der Waals surface area contributed by atoms with E-state index in [1.807, 2.05) is 20.8 Å². The van der Waals surface area contributed by atoms with Gasteiger partial charge in [-0.1, -0.05) is 38.8 Å². The first kappa shape index (κ1) is 20.1. The van der Waals surface area contributed by atoms with E-state index in [0.29, 0.717) is 36.9 Å². The Morgan fingerprint density at radius 1 is 1.33 bits per heavy atom. The highest BCUT2D eigenvalue weighted by Crippen LogP contribution is 2.36. The molecular weight excluding hydrogens is 334 g/mol. The first-order valence-electron chi connectivity index (χ1n) is 7.84. The van der Waals surface area contributed by atoms with Crippen molar-refractivity contribution in [1.82, 2.24) is 5.32 Å². The van der Waals surface area contributed by atoms with Crippen LogP contribution in [-0.4, -0.2) is 36.7 Å². The molecule has 0 bridgehead atoms. The Bertz CT molecular complexity index is 589.